The molecule has 0 radical (unpaired) electrons. The number of nitrogens with zero attached hydrogens (tertiary/aromatic N) is 2. The number of oxazole rings is 1. The van der Waals surface area contributed by atoms with Crippen LogP contribution in [0.3, 0.4) is 0 Å². The summed E-state index contributed by atoms with van der Waals surface area (Å²) >= 11 is 0. The average Bonchev–Trinajstić information content (AvgIpc) is 3.30. The second kappa shape index (κ2) is 5.96. The molecule has 0 unspecified atom stereocenters. The number of amides is 1. The summed E-state index contributed by atoms with van der Waals surface area (Å²) < 4.78 is 5.28. The van der Waals surface area contributed by atoms with Crippen LogP contribution in [0.1, 0.15) is 33.9 Å². The SMILES string of the molecule is CN(C(=O)c1ccc(-c2cnco2)cc1)[C@H]1CCc2ccccc21. The lowest BCUT2D eigenvalue weighted by Crippen LogP contribution is -2.30. The minimum atomic E-state index is 0.0424. The van der Waals surface area contributed by atoms with Gasteiger partial charge >= 0.3 is 0 Å². The average molecular weight is 318 g/mol. The Bertz CT molecular complexity index is 854. The molecular formula is C20H18N2O2. The van der Waals surface area contributed by atoms with Crippen molar-refractivity contribution >= 4 is 5.91 Å². The van der Waals surface area contributed by atoms with Crippen LogP contribution in [0.2, 0.25) is 0 Å². The van der Waals surface area contributed by atoms with E-state index in [9.17, 15) is 4.79 Å². The molecule has 4 rings (SSSR count). The fourth-order valence-electron chi connectivity index (χ4n) is 3.42. The van der Waals surface area contributed by atoms with Gasteiger partial charge in [-0.05, 0) is 36.1 Å². The van der Waals surface area contributed by atoms with Gasteiger partial charge in [-0.3, -0.25) is 4.79 Å². The van der Waals surface area contributed by atoms with Crippen LogP contribution in [0, 0.1) is 0 Å². The van der Waals surface area contributed by atoms with Crippen LogP contribution < -0.4 is 0 Å². The predicted molar refractivity (Wildman–Crippen MR) is 91.5 cm³/mol. The van der Waals surface area contributed by atoms with Crippen LogP contribution in [-0.2, 0) is 6.42 Å². The summed E-state index contributed by atoms with van der Waals surface area (Å²) in [5.74, 6) is 0.743. The molecular weight excluding hydrogens is 300 g/mol. The largest absolute Gasteiger partial charge is 0.444 e. The number of hydrogen-bond donors (Lipinski definition) is 0. The molecule has 2 aromatic carbocycles. The summed E-state index contributed by atoms with van der Waals surface area (Å²) in [5.41, 5.74) is 4.22. The molecule has 1 heterocycles. The monoisotopic (exact) mass is 318 g/mol. The first-order chi connectivity index (χ1) is 11.7. The standard InChI is InChI=1S/C20H18N2O2/c1-22(18-11-10-14-4-2-3-5-17(14)18)20(23)16-8-6-15(7-9-16)19-12-21-13-24-19/h2-9,12-13,18H,10-11H2,1H3/t18-/m0/s1. The maximum absolute atomic E-state index is 12.8. The van der Waals surface area contributed by atoms with Crippen LogP contribution in [0.5, 0.6) is 0 Å². The van der Waals surface area contributed by atoms with E-state index < -0.39 is 0 Å². The summed E-state index contributed by atoms with van der Waals surface area (Å²) in [6.07, 6.45) is 5.08. The van der Waals surface area contributed by atoms with Crippen LogP contribution in [0.25, 0.3) is 11.3 Å². The Morgan fingerprint density at radius 2 is 1.96 bits per heavy atom. The molecule has 0 spiro atoms. The summed E-state index contributed by atoms with van der Waals surface area (Å²) in [5, 5.41) is 0. The summed E-state index contributed by atoms with van der Waals surface area (Å²) in [4.78, 5) is 18.6. The van der Waals surface area contributed by atoms with Gasteiger partial charge in [0.05, 0.1) is 12.2 Å². The molecule has 1 aliphatic rings. The van der Waals surface area contributed by atoms with E-state index in [1.165, 1.54) is 17.5 Å². The highest BCUT2D eigenvalue weighted by atomic mass is 16.3. The molecule has 0 saturated heterocycles. The summed E-state index contributed by atoms with van der Waals surface area (Å²) in [6.45, 7) is 0. The highest BCUT2D eigenvalue weighted by molar-refractivity contribution is 5.94. The van der Waals surface area contributed by atoms with E-state index in [0.717, 1.165) is 18.4 Å². The number of hydrogen-bond acceptors (Lipinski definition) is 3. The number of carbonyl (C=O) groups excluding carboxylic acids is 1. The summed E-state index contributed by atoms with van der Waals surface area (Å²) in [7, 11) is 1.89. The third-order valence-electron chi connectivity index (χ3n) is 4.74. The van der Waals surface area contributed by atoms with E-state index >= 15 is 0 Å². The second-order valence-corrected chi connectivity index (χ2v) is 6.11. The van der Waals surface area contributed by atoms with Crippen molar-refractivity contribution < 1.29 is 9.21 Å². The third-order valence-corrected chi connectivity index (χ3v) is 4.74. The number of rotatable bonds is 3. The first-order valence-corrected chi connectivity index (χ1v) is 8.08. The molecule has 1 aromatic heterocycles. The Labute approximate surface area is 140 Å². The van der Waals surface area contributed by atoms with Crippen molar-refractivity contribution in [2.24, 2.45) is 0 Å². The van der Waals surface area contributed by atoms with Gasteiger partial charge in [0.2, 0.25) is 0 Å². The van der Waals surface area contributed by atoms with Crippen LogP contribution in [-0.4, -0.2) is 22.8 Å². The number of benzene rings is 2. The van der Waals surface area contributed by atoms with E-state index in [2.05, 4.69) is 23.2 Å². The lowest BCUT2D eigenvalue weighted by molar-refractivity contribution is 0.0730. The highest BCUT2D eigenvalue weighted by Crippen LogP contribution is 2.35. The normalized spacial score (nSPS) is 16.0. The Morgan fingerprint density at radius 3 is 2.71 bits per heavy atom. The molecule has 0 N–H and O–H groups in total. The van der Waals surface area contributed by atoms with Gasteiger partial charge in [0.1, 0.15) is 0 Å². The molecule has 0 aliphatic heterocycles. The van der Waals surface area contributed by atoms with E-state index in [4.69, 9.17) is 4.42 Å². The van der Waals surface area contributed by atoms with Crippen LogP contribution in [0.15, 0.2) is 65.5 Å². The molecule has 1 amide bonds. The fraction of sp³-hybridized carbons (Fsp3) is 0.200. The van der Waals surface area contributed by atoms with Crippen molar-refractivity contribution in [1.82, 2.24) is 9.88 Å². The maximum Gasteiger partial charge on any atom is 0.254 e. The Hall–Kier alpha value is -2.88. The Morgan fingerprint density at radius 1 is 1.17 bits per heavy atom. The van der Waals surface area contributed by atoms with E-state index in [1.807, 2.05) is 42.3 Å². The molecule has 0 saturated carbocycles. The molecule has 24 heavy (non-hydrogen) atoms. The molecule has 120 valence electrons. The van der Waals surface area contributed by atoms with Gasteiger partial charge in [-0.25, -0.2) is 4.98 Å². The molecule has 0 bridgehead atoms. The number of aryl methyl sites for hydroxylation is 1. The second-order valence-electron chi connectivity index (χ2n) is 6.11. The van der Waals surface area contributed by atoms with Crippen molar-refractivity contribution in [3.63, 3.8) is 0 Å². The maximum atomic E-state index is 12.8. The first-order valence-electron chi connectivity index (χ1n) is 8.08. The predicted octanol–water partition coefficient (Wildman–Crippen LogP) is 4.10. The van der Waals surface area contributed by atoms with Gasteiger partial charge < -0.3 is 9.32 Å². The van der Waals surface area contributed by atoms with Gasteiger partial charge in [0.25, 0.3) is 5.91 Å². The quantitative estimate of drug-likeness (QED) is 0.730. The first kappa shape index (κ1) is 14.7. The minimum absolute atomic E-state index is 0.0424. The third kappa shape index (κ3) is 2.50. The topological polar surface area (TPSA) is 46.3 Å². The lowest BCUT2D eigenvalue weighted by atomic mass is 10.1. The van der Waals surface area contributed by atoms with Gasteiger partial charge in [0.15, 0.2) is 12.2 Å². The lowest BCUT2D eigenvalue weighted by Gasteiger charge is -2.25. The molecule has 0 fully saturated rings. The zero-order chi connectivity index (χ0) is 16.5. The van der Waals surface area contributed by atoms with E-state index in [-0.39, 0.29) is 11.9 Å². The van der Waals surface area contributed by atoms with Crippen molar-refractivity contribution in [2.45, 2.75) is 18.9 Å². The van der Waals surface area contributed by atoms with Gasteiger partial charge in [-0.2, -0.15) is 0 Å². The number of fused-ring (bicyclic) bond motifs is 1. The smallest absolute Gasteiger partial charge is 0.254 e. The zero-order valence-electron chi connectivity index (χ0n) is 13.5. The van der Waals surface area contributed by atoms with Crippen molar-refractivity contribution in [3.8, 4) is 11.3 Å². The van der Waals surface area contributed by atoms with Gasteiger partial charge in [-0.15, -0.1) is 0 Å². The fourth-order valence-corrected chi connectivity index (χ4v) is 3.42. The molecule has 4 nitrogen and oxygen atoms in total. The van der Waals surface area contributed by atoms with Crippen molar-refractivity contribution in [2.75, 3.05) is 7.05 Å². The summed E-state index contributed by atoms with van der Waals surface area (Å²) in [6, 6.07) is 16.0. The van der Waals surface area contributed by atoms with E-state index in [0.29, 0.717) is 11.3 Å². The number of aromatic nitrogens is 1. The molecule has 3 aromatic rings. The minimum Gasteiger partial charge on any atom is -0.444 e. The Kier molecular flexibility index (Phi) is 3.65. The molecule has 1 aliphatic carbocycles. The van der Waals surface area contributed by atoms with Crippen molar-refractivity contribution in [1.29, 1.82) is 0 Å². The molecule has 4 heteroatoms. The number of carbonyl (C=O) groups is 1. The van der Waals surface area contributed by atoms with Crippen molar-refractivity contribution in [3.05, 3.63) is 77.8 Å². The zero-order valence-corrected chi connectivity index (χ0v) is 13.5. The van der Waals surface area contributed by atoms with Gasteiger partial charge in [-0.1, -0.05) is 36.4 Å². The Balaban J connectivity index is 1.55. The van der Waals surface area contributed by atoms with Crippen LogP contribution in [0.4, 0.5) is 0 Å². The van der Waals surface area contributed by atoms with Gasteiger partial charge in [0, 0.05) is 18.2 Å². The molecule has 1 atom stereocenters. The van der Waals surface area contributed by atoms with E-state index in [1.54, 1.807) is 6.20 Å². The highest BCUT2D eigenvalue weighted by Gasteiger charge is 2.28. The van der Waals surface area contributed by atoms with Crippen LogP contribution >= 0.6 is 0 Å².